The predicted octanol–water partition coefficient (Wildman–Crippen LogP) is 1.34. The summed E-state index contributed by atoms with van der Waals surface area (Å²) in [5.41, 5.74) is 0.366. The van der Waals surface area contributed by atoms with E-state index in [2.05, 4.69) is 31.0 Å². The summed E-state index contributed by atoms with van der Waals surface area (Å²) in [6.07, 6.45) is 1.25. The van der Waals surface area contributed by atoms with Crippen molar-refractivity contribution in [2.45, 2.75) is 33.2 Å². The Hall–Kier alpha value is -0.120. The summed E-state index contributed by atoms with van der Waals surface area (Å²) >= 11 is 0. The van der Waals surface area contributed by atoms with Gasteiger partial charge in [-0.1, -0.05) is 20.8 Å². The van der Waals surface area contributed by atoms with Crippen LogP contribution >= 0.6 is 0 Å². The zero-order valence-electron chi connectivity index (χ0n) is 11.0. The Bertz CT molecular complexity index is 218. The van der Waals surface area contributed by atoms with Crippen molar-refractivity contribution >= 4 is 0 Å². The Balaban J connectivity index is 1.81. The molecule has 2 aliphatic heterocycles. The Labute approximate surface area is 99.5 Å². The second-order valence-corrected chi connectivity index (χ2v) is 6.36. The quantitative estimate of drug-likeness (QED) is 0.769. The van der Waals surface area contributed by atoms with Crippen molar-refractivity contribution in [3.05, 3.63) is 0 Å². The van der Waals surface area contributed by atoms with Crippen LogP contribution in [0.5, 0.6) is 0 Å². The summed E-state index contributed by atoms with van der Waals surface area (Å²) in [6.45, 7) is 13.7. The Kier molecular flexibility index (Phi) is 3.88. The average Bonchev–Trinajstić information content (AvgIpc) is 2.70. The lowest BCUT2D eigenvalue weighted by atomic mass is 9.85. The smallest absolute Gasteiger partial charge is 0.0507 e. The number of ether oxygens (including phenoxy) is 1. The summed E-state index contributed by atoms with van der Waals surface area (Å²) in [7, 11) is 0. The minimum Gasteiger partial charge on any atom is -0.381 e. The molecule has 2 heterocycles. The first-order valence-electron chi connectivity index (χ1n) is 6.59. The second kappa shape index (κ2) is 5.03. The number of rotatable bonds is 2. The highest BCUT2D eigenvalue weighted by Crippen LogP contribution is 2.23. The van der Waals surface area contributed by atoms with E-state index in [0.717, 1.165) is 25.7 Å². The Morgan fingerprint density at radius 2 is 2.19 bits per heavy atom. The second-order valence-electron chi connectivity index (χ2n) is 6.36. The van der Waals surface area contributed by atoms with E-state index in [-0.39, 0.29) is 0 Å². The molecule has 3 heteroatoms. The third-order valence-corrected chi connectivity index (χ3v) is 3.85. The maximum atomic E-state index is 5.45. The maximum Gasteiger partial charge on any atom is 0.0507 e. The highest BCUT2D eigenvalue weighted by Gasteiger charge is 2.30. The van der Waals surface area contributed by atoms with Gasteiger partial charge in [0.15, 0.2) is 0 Å². The van der Waals surface area contributed by atoms with Gasteiger partial charge in [-0.3, -0.25) is 0 Å². The Morgan fingerprint density at radius 1 is 1.38 bits per heavy atom. The van der Waals surface area contributed by atoms with Crippen molar-refractivity contribution < 1.29 is 4.74 Å². The van der Waals surface area contributed by atoms with Crippen molar-refractivity contribution in [1.82, 2.24) is 10.2 Å². The fourth-order valence-electron chi connectivity index (χ4n) is 2.65. The summed E-state index contributed by atoms with van der Waals surface area (Å²) in [5, 5.41) is 3.64. The first kappa shape index (κ1) is 12.3. The molecule has 2 unspecified atom stereocenters. The average molecular weight is 226 g/mol. The monoisotopic (exact) mass is 226 g/mol. The van der Waals surface area contributed by atoms with Gasteiger partial charge >= 0.3 is 0 Å². The van der Waals surface area contributed by atoms with Crippen LogP contribution in [0, 0.1) is 11.3 Å². The van der Waals surface area contributed by atoms with Gasteiger partial charge in [-0.15, -0.1) is 0 Å². The lowest BCUT2D eigenvalue weighted by molar-refractivity contribution is 0.112. The molecule has 0 aromatic carbocycles. The van der Waals surface area contributed by atoms with Gasteiger partial charge < -0.3 is 15.0 Å². The fourth-order valence-corrected chi connectivity index (χ4v) is 2.65. The molecule has 0 amide bonds. The number of nitrogens with one attached hydrogen (secondary N) is 1. The van der Waals surface area contributed by atoms with Crippen molar-refractivity contribution in [3.63, 3.8) is 0 Å². The normalized spacial score (nSPS) is 33.2. The van der Waals surface area contributed by atoms with Crippen molar-refractivity contribution in [2.24, 2.45) is 11.3 Å². The first-order chi connectivity index (χ1) is 7.55. The molecule has 2 fully saturated rings. The molecule has 0 spiro atoms. The molecule has 16 heavy (non-hydrogen) atoms. The van der Waals surface area contributed by atoms with Gasteiger partial charge in [-0.05, 0) is 17.8 Å². The molecule has 0 aromatic rings. The molecule has 1 N–H and O–H groups in total. The van der Waals surface area contributed by atoms with Crippen LogP contribution in [0.4, 0.5) is 0 Å². The summed E-state index contributed by atoms with van der Waals surface area (Å²) in [5.74, 6) is 0.777. The highest BCUT2D eigenvalue weighted by atomic mass is 16.5. The Morgan fingerprint density at radius 3 is 2.81 bits per heavy atom. The lowest BCUT2D eigenvalue weighted by Crippen LogP contribution is -2.56. The topological polar surface area (TPSA) is 24.5 Å². The molecule has 2 atom stereocenters. The van der Waals surface area contributed by atoms with E-state index in [0.29, 0.717) is 11.5 Å². The zero-order valence-corrected chi connectivity index (χ0v) is 11.0. The molecule has 0 aromatic heterocycles. The van der Waals surface area contributed by atoms with E-state index in [4.69, 9.17) is 4.74 Å². The number of hydrogen-bond acceptors (Lipinski definition) is 3. The highest BCUT2D eigenvalue weighted by molar-refractivity contribution is 4.88. The number of nitrogens with zero attached hydrogens (tertiary/aromatic N) is 1. The van der Waals surface area contributed by atoms with Gasteiger partial charge in [-0.25, -0.2) is 0 Å². The first-order valence-corrected chi connectivity index (χ1v) is 6.59. The van der Waals surface area contributed by atoms with Crippen LogP contribution in [0.3, 0.4) is 0 Å². The molecule has 3 nitrogen and oxygen atoms in total. The van der Waals surface area contributed by atoms with Gasteiger partial charge in [0.25, 0.3) is 0 Å². The van der Waals surface area contributed by atoms with Crippen LogP contribution in [-0.2, 0) is 4.74 Å². The van der Waals surface area contributed by atoms with Crippen LogP contribution in [0.15, 0.2) is 0 Å². The predicted molar refractivity (Wildman–Crippen MR) is 66.6 cm³/mol. The van der Waals surface area contributed by atoms with Gasteiger partial charge in [0.2, 0.25) is 0 Å². The van der Waals surface area contributed by atoms with Gasteiger partial charge in [0, 0.05) is 38.8 Å². The maximum absolute atomic E-state index is 5.45. The molecule has 2 aliphatic rings. The minimum absolute atomic E-state index is 0.366. The molecule has 2 saturated heterocycles. The van der Waals surface area contributed by atoms with Gasteiger partial charge in [-0.2, -0.15) is 0 Å². The van der Waals surface area contributed by atoms with E-state index in [1.165, 1.54) is 26.1 Å². The molecule has 0 radical (unpaired) electrons. The van der Waals surface area contributed by atoms with E-state index in [1.54, 1.807) is 0 Å². The van der Waals surface area contributed by atoms with Crippen LogP contribution in [0.25, 0.3) is 0 Å². The summed E-state index contributed by atoms with van der Waals surface area (Å²) in [4.78, 5) is 2.62. The fraction of sp³-hybridized carbons (Fsp3) is 1.00. The zero-order chi connectivity index (χ0) is 11.6. The largest absolute Gasteiger partial charge is 0.381 e. The SMILES string of the molecule is CC(C)(C)C1CN(CC2CCOC2)CCN1. The van der Waals surface area contributed by atoms with Crippen LogP contribution in [0.2, 0.25) is 0 Å². The summed E-state index contributed by atoms with van der Waals surface area (Å²) < 4.78 is 5.45. The van der Waals surface area contributed by atoms with E-state index < -0.39 is 0 Å². The molecular weight excluding hydrogens is 200 g/mol. The van der Waals surface area contributed by atoms with Crippen molar-refractivity contribution in [1.29, 1.82) is 0 Å². The summed E-state index contributed by atoms with van der Waals surface area (Å²) in [6, 6.07) is 0.628. The van der Waals surface area contributed by atoms with Crippen molar-refractivity contribution in [2.75, 3.05) is 39.4 Å². The standard InChI is InChI=1S/C13H26N2O/c1-13(2,3)12-9-15(6-5-14-12)8-11-4-7-16-10-11/h11-12,14H,4-10H2,1-3H3. The van der Waals surface area contributed by atoms with E-state index in [1.807, 2.05) is 0 Å². The molecule has 2 rings (SSSR count). The van der Waals surface area contributed by atoms with Gasteiger partial charge in [0.05, 0.1) is 6.61 Å². The van der Waals surface area contributed by atoms with Crippen LogP contribution < -0.4 is 5.32 Å². The molecule has 94 valence electrons. The third-order valence-electron chi connectivity index (χ3n) is 3.85. The van der Waals surface area contributed by atoms with E-state index in [9.17, 15) is 0 Å². The molecule has 0 aliphatic carbocycles. The molecule has 0 saturated carbocycles. The van der Waals surface area contributed by atoms with Gasteiger partial charge in [0.1, 0.15) is 0 Å². The lowest BCUT2D eigenvalue weighted by Gasteiger charge is -2.41. The van der Waals surface area contributed by atoms with E-state index >= 15 is 0 Å². The molecular formula is C13H26N2O. The van der Waals surface area contributed by atoms with Crippen LogP contribution in [0.1, 0.15) is 27.2 Å². The van der Waals surface area contributed by atoms with Crippen molar-refractivity contribution in [3.8, 4) is 0 Å². The number of hydrogen-bond donors (Lipinski definition) is 1. The minimum atomic E-state index is 0.366. The third kappa shape index (κ3) is 3.19. The van der Waals surface area contributed by atoms with Crippen LogP contribution in [-0.4, -0.2) is 50.3 Å². The molecule has 0 bridgehead atoms. The number of piperazine rings is 1.